The Hall–Kier alpha value is -0.660. The van der Waals surface area contributed by atoms with Gasteiger partial charge in [0.05, 0.1) is 5.71 Å². The van der Waals surface area contributed by atoms with E-state index in [1.807, 2.05) is 0 Å². The summed E-state index contributed by atoms with van der Waals surface area (Å²) in [4.78, 5) is 11.0. The molecule has 2 nitrogen and oxygen atoms in total. The largest absolute Gasteiger partial charge is 0.302 e. The Balaban J connectivity index is 3.44. The van der Waals surface area contributed by atoms with Gasteiger partial charge in [-0.15, -0.1) is 0 Å². The van der Waals surface area contributed by atoms with Crippen molar-refractivity contribution in [2.24, 2.45) is 0 Å². The van der Waals surface area contributed by atoms with Crippen LogP contribution < -0.4 is 0 Å². The van der Waals surface area contributed by atoms with Crippen molar-refractivity contribution in [3.05, 3.63) is 6.92 Å². The maximum absolute atomic E-state index is 11.0. The summed E-state index contributed by atoms with van der Waals surface area (Å²) >= 11 is 0. The van der Waals surface area contributed by atoms with Crippen LogP contribution in [-0.2, 0) is 4.79 Å². The molecule has 0 amide bonds. The lowest BCUT2D eigenvalue weighted by Gasteiger charge is -1.98. The molecule has 0 spiro atoms. The lowest BCUT2D eigenvalue weighted by molar-refractivity contribution is -0.113. The number of unbranched alkanes of at least 4 members (excludes halogenated alkanes) is 2. The fourth-order valence-electron chi connectivity index (χ4n) is 0.826. The number of hydrogen-bond donors (Lipinski definition) is 1. The van der Waals surface area contributed by atoms with E-state index in [9.17, 15) is 4.79 Å². The molecule has 0 aliphatic heterocycles. The van der Waals surface area contributed by atoms with Crippen LogP contribution in [0.25, 0.3) is 0 Å². The van der Waals surface area contributed by atoms with Gasteiger partial charge in [-0.3, -0.25) is 4.79 Å². The zero-order valence-corrected chi connectivity index (χ0v) is 7.15. The maximum atomic E-state index is 11.0. The van der Waals surface area contributed by atoms with Crippen LogP contribution in [0.2, 0.25) is 0 Å². The molecular weight excluding hydrogens is 138 g/mol. The first-order valence-corrected chi connectivity index (χ1v) is 4.12. The highest BCUT2D eigenvalue weighted by molar-refractivity contribution is 6.38. The van der Waals surface area contributed by atoms with E-state index in [1.54, 1.807) is 0 Å². The van der Waals surface area contributed by atoms with Crippen molar-refractivity contribution in [2.75, 3.05) is 0 Å². The molecule has 0 bridgehead atoms. The molecule has 0 aromatic rings. The zero-order valence-electron chi connectivity index (χ0n) is 7.15. The second-order valence-electron chi connectivity index (χ2n) is 2.61. The summed E-state index contributed by atoms with van der Waals surface area (Å²) in [6, 6.07) is 0. The Morgan fingerprint density at radius 3 is 2.55 bits per heavy atom. The average Bonchev–Trinajstić information content (AvgIpc) is 2.03. The van der Waals surface area contributed by atoms with Crippen LogP contribution in [-0.4, -0.2) is 11.5 Å². The van der Waals surface area contributed by atoms with Crippen molar-refractivity contribution in [3.63, 3.8) is 0 Å². The topological polar surface area (TPSA) is 40.9 Å². The van der Waals surface area contributed by atoms with Gasteiger partial charge in [0.1, 0.15) is 0 Å². The number of ketones is 1. The van der Waals surface area contributed by atoms with Gasteiger partial charge < -0.3 is 5.41 Å². The third kappa shape index (κ3) is 4.71. The monoisotopic (exact) mass is 154 g/mol. The second-order valence-corrected chi connectivity index (χ2v) is 2.61. The number of rotatable bonds is 6. The predicted octanol–water partition coefficient (Wildman–Crippen LogP) is 2.38. The molecule has 0 saturated carbocycles. The third-order valence-electron chi connectivity index (χ3n) is 1.59. The van der Waals surface area contributed by atoms with Gasteiger partial charge in [-0.2, -0.15) is 0 Å². The summed E-state index contributed by atoms with van der Waals surface area (Å²) in [5.74, 6) is -0.0338. The smallest absolute Gasteiger partial charge is 0.176 e. The van der Waals surface area contributed by atoms with Gasteiger partial charge >= 0.3 is 0 Å². The fourth-order valence-corrected chi connectivity index (χ4v) is 0.826. The first kappa shape index (κ1) is 10.3. The van der Waals surface area contributed by atoms with Gasteiger partial charge in [-0.1, -0.05) is 19.8 Å². The molecule has 0 saturated heterocycles. The lowest BCUT2D eigenvalue weighted by Crippen LogP contribution is -2.10. The maximum Gasteiger partial charge on any atom is 0.176 e. The van der Waals surface area contributed by atoms with Crippen LogP contribution in [0.5, 0.6) is 0 Å². The van der Waals surface area contributed by atoms with Gasteiger partial charge in [-0.05, 0) is 19.8 Å². The average molecular weight is 154 g/mol. The molecule has 0 heterocycles. The molecule has 2 heteroatoms. The van der Waals surface area contributed by atoms with E-state index in [2.05, 4.69) is 13.8 Å². The zero-order chi connectivity index (χ0) is 8.69. The minimum Gasteiger partial charge on any atom is -0.302 e. The first-order chi connectivity index (χ1) is 5.22. The normalized spacial score (nSPS) is 9.64. The van der Waals surface area contributed by atoms with E-state index >= 15 is 0 Å². The summed E-state index contributed by atoms with van der Waals surface area (Å²) in [6.07, 6.45) is 3.96. The number of nitrogens with one attached hydrogen (secondary N) is 1. The molecule has 0 rings (SSSR count). The molecule has 1 radical (unpaired) electrons. The minimum absolute atomic E-state index is 0.0338. The highest BCUT2D eigenvalue weighted by Crippen LogP contribution is 2.01. The first-order valence-electron chi connectivity index (χ1n) is 4.12. The van der Waals surface area contributed by atoms with Gasteiger partial charge in [0, 0.05) is 6.42 Å². The molecule has 0 aromatic heterocycles. The molecule has 0 unspecified atom stereocenters. The van der Waals surface area contributed by atoms with Crippen molar-refractivity contribution >= 4 is 11.5 Å². The standard InChI is InChI=1S/C9H16NO/c1-3-5-6-7-9(11)8(10)4-2/h10H,2-7H2,1H3. The molecular formula is C9H16NO. The van der Waals surface area contributed by atoms with Crippen LogP contribution in [0.3, 0.4) is 0 Å². The summed E-state index contributed by atoms with van der Waals surface area (Å²) in [5, 5.41) is 7.17. The molecule has 0 aliphatic rings. The van der Waals surface area contributed by atoms with Gasteiger partial charge in [0.25, 0.3) is 0 Å². The molecule has 0 aliphatic carbocycles. The highest BCUT2D eigenvalue weighted by Gasteiger charge is 2.05. The SMILES string of the molecule is [CH2]CC(=N)C(=O)CCCCC. The van der Waals surface area contributed by atoms with Crippen molar-refractivity contribution in [1.82, 2.24) is 0 Å². The van der Waals surface area contributed by atoms with E-state index < -0.39 is 0 Å². The van der Waals surface area contributed by atoms with E-state index in [1.165, 1.54) is 0 Å². The molecule has 0 atom stereocenters. The Kier molecular flexibility index (Phi) is 5.71. The number of carbonyl (C=O) groups is 1. The molecule has 1 N–H and O–H groups in total. The van der Waals surface area contributed by atoms with Crippen LogP contribution >= 0.6 is 0 Å². The van der Waals surface area contributed by atoms with E-state index in [0.29, 0.717) is 12.8 Å². The Morgan fingerprint density at radius 1 is 1.45 bits per heavy atom. The second kappa shape index (κ2) is 6.08. The van der Waals surface area contributed by atoms with Crippen LogP contribution in [0.1, 0.15) is 39.0 Å². The fraction of sp³-hybridized carbons (Fsp3) is 0.667. The summed E-state index contributed by atoms with van der Waals surface area (Å²) in [7, 11) is 0. The predicted molar refractivity (Wildman–Crippen MR) is 46.8 cm³/mol. The van der Waals surface area contributed by atoms with Crippen LogP contribution in [0.15, 0.2) is 0 Å². The number of Topliss-reactive ketones (excluding diaryl/α,β-unsaturated/α-hetero) is 1. The van der Waals surface area contributed by atoms with Crippen molar-refractivity contribution < 1.29 is 4.79 Å². The number of hydrogen-bond acceptors (Lipinski definition) is 2. The molecule has 0 fully saturated rings. The Morgan fingerprint density at radius 2 is 2.09 bits per heavy atom. The van der Waals surface area contributed by atoms with Crippen LogP contribution in [0, 0.1) is 12.3 Å². The van der Waals surface area contributed by atoms with E-state index in [0.717, 1.165) is 19.3 Å². The van der Waals surface area contributed by atoms with Gasteiger partial charge in [-0.25, -0.2) is 0 Å². The number of carbonyl (C=O) groups excluding carboxylic acids is 1. The van der Waals surface area contributed by atoms with E-state index in [-0.39, 0.29) is 11.5 Å². The van der Waals surface area contributed by atoms with E-state index in [4.69, 9.17) is 5.41 Å². The lowest BCUT2D eigenvalue weighted by atomic mass is 10.1. The Labute approximate surface area is 68.5 Å². The van der Waals surface area contributed by atoms with Crippen LogP contribution in [0.4, 0.5) is 0 Å². The van der Waals surface area contributed by atoms with Crippen molar-refractivity contribution in [1.29, 1.82) is 5.41 Å². The van der Waals surface area contributed by atoms with Crippen molar-refractivity contribution in [2.45, 2.75) is 39.0 Å². The van der Waals surface area contributed by atoms with Crippen molar-refractivity contribution in [3.8, 4) is 0 Å². The molecule has 63 valence electrons. The third-order valence-corrected chi connectivity index (χ3v) is 1.59. The highest BCUT2D eigenvalue weighted by atomic mass is 16.1. The summed E-state index contributed by atoms with van der Waals surface area (Å²) < 4.78 is 0. The molecule has 11 heavy (non-hydrogen) atoms. The van der Waals surface area contributed by atoms with Gasteiger partial charge in [0.15, 0.2) is 5.78 Å². The summed E-state index contributed by atoms with van der Waals surface area (Å²) in [5.41, 5.74) is 0.168. The van der Waals surface area contributed by atoms with Gasteiger partial charge in [0.2, 0.25) is 0 Å². The quantitative estimate of drug-likeness (QED) is 0.463. The summed E-state index contributed by atoms with van der Waals surface area (Å²) in [6.45, 7) is 5.58. The minimum atomic E-state index is -0.0338. The molecule has 0 aromatic carbocycles. The Bertz CT molecular complexity index is 140.